The molecule has 4 rings (SSSR count). The molecule has 0 saturated carbocycles. The standard InChI is InChI=1S/C17H20N2O.C15H18N2O2.C5H12.2C3H8.CH2O/c1-12-9-10-18-15(11-12)19-16(20)13-5-7-14(8-6-13)17(2,3)4;1-10-9-13(17-19-10)16-14(18)11-5-7-12(8-6-11)15(2,3)4;1-5(2,3)4;2*1-3-2;1-2/h5-11H,1-4H3,(H,18,19,20);5-9H,1-4H3,(H,16,17,18);1-4H3;2*3H2,1-2H3;1H2. The molecular weight excluding hydrogens is 649 g/mol. The van der Waals surface area contributed by atoms with E-state index in [0.717, 1.165) is 5.56 Å². The fourth-order valence-corrected chi connectivity index (χ4v) is 3.65. The number of hydrogen-bond donors (Lipinski definition) is 2. The average Bonchev–Trinajstić information content (AvgIpc) is 3.45. The van der Waals surface area contributed by atoms with Crippen LogP contribution in [0.2, 0.25) is 0 Å². The summed E-state index contributed by atoms with van der Waals surface area (Å²) in [7, 11) is 0. The van der Waals surface area contributed by atoms with Gasteiger partial charge in [-0.2, -0.15) is 0 Å². The summed E-state index contributed by atoms with van der Waals surface area (Å²) in [6.45, 7) is 35.9. The highest BCUT2D eigenvalue weighted by Gasteiger charge is 2.16. The molecule has 8 nitrogen and oxygen atoms in total. The number of rotatable bonds is 4. The van der Waals surface area contributed by atoms with Gasteiger partial charge >= 0.3 is 0 Å². The largest absolute Gasteiger partial charge is 0.360 e. The maximum atomic E-state index is 12.1. The number of carbonyl (C=O) groups excluding carboxylic acids is 3. The second-order valence-electron chi connectivity index (χ2n) is 16.0. The fourth-order valence-electron chi connectivity index (χ4n) is 3.65. The van der Waals surface area contributed by atoms with Gasteiger partial charge in [-0.25, -0.2) is 4.98 Å². The molecule has 0 bridgehead atoms. The summed E-state index contributed by atoms with van der Waals surface area (Å²) in [6, 6.07) is 20.7. The summed E-state index contributed by atoms with van der Waals surface area (Å²) in [4.78, 5) is 36.3. The maximum absolute atomic E-state index is 12.1. The number of aryl methyl sites for hydroxylation is 2. The monoisotopic (exact) mass is 717 g/mol. The molecule has 0 fully saturated rings. The van der Waals surface area contributed by atoms with E-state index in [1.54, 1.807) is 19.2 Å². The summed E-state index contributed by atoms with van der Waals surface area (Å²) in [6.07, 6.45) is 4.19. The van der Waals surface area contributed by atoms with Crippen LogP contribution in [0.15, 0.2) is 77.4 Å². The van der Waals surface area contributed by atoms with Crippen LogP contribution >= 0.6 is 0 Å². The molecule has 0 atom stereocenters. The van der Waals surface area contributed by atoms with Crippen LogP contribution in [-0.4, -0.2) is 28.7 Å². The number of aromatic nitrogens is 2. The molecule has 2 aromatic carbocycles. The predicted octanol–water partition coefficient (Wildman–Crippen LogP) is 12.2. The van der Waals surface area contributed by atoms with E-state index in [0.29, 0.717) is 33.9 Å². The Morgan fingerprint density at radius 2 is 0.962 bits per heavy atom. The van der Waals surface area contributed by atoms with Gasteiger partial charge in [0.2, 0.25) is 0 Å². The zero-order valence-electron chi connectivity index (χ0n) is 35.1. The van der Waals surface area contributed by atoms with Crippen LogP contribution in [0.3, 0.4) is 0 Å². The number of nitrogens with one attached hydrogen (secondary N) is 2. The van der Waals surface area contributed by atoms with Crippen LogP contribution < -0.4 is 10.6 Å². The Kier molecular flexibility index (Phi) is 23.4. The number of amides is 2. The van der Waals surface area contributed by atoms with Crippen molar-refractivity contribution in [3.05, 3.63) is 107 Å². The predicted molar refractivity (Wildman–Crippen MR) is 221 cm³/mol. The minimum atomic E-state index is -0.186. The molecule has 4 aromatic rings. The van der Waals surface area contributed by atoms with Crippen LogP contribution in [0.5, 0.6) is 0 Å². The zero-order chi connectivity index (χ0) is 40.7. The lowest BCUT2D eigenvalue weighted by Gasteiger charge is -2.19. The quantitative estimate of drug-likeness (QED) is 0.217. The molecule has 2 amide bonds. The summed E-state index contributed by atoms with van der Waals surface area (Å²) >= 11 is 0. The fraction of sp³-hybridized carbons (Fsp3) is 0.477. The molecule has 0 spiro atoms. The lowest BCUT2D eigenvalue weighted by molar-refractivity contribution is -0.0980. The lowest BCUT2D eigenvalue weighted by atomic mass is 9.86. The maximum Gasteiger partial charge on any atom is 0.256 e. The van der Waals surface area contributed by atoms with E-state index in [4.69, 9.17) is 9.32 Å². The van der Waals surface area contributed by atoms with Crippen molar-refractivity contribution in [1.82, 2.24) is 10.1 Å². The number of nitrogens with zero attached hydrogens (tertiary/aromatic N) is 2. The highest BCUT2D eigenvalue weighted by Crippen LogP contribution is 2.23. The van der Waals surface area contributed by atoms with Gasteiger partial charge in [-0.05, 0) is 83.2 Å². The highest BCUT2D eigenvalue weighted by molar-refractivity contribution is 6.04. The van der Waals surface area contributed by atoms with E-state index in [9.17, 15) is 9.59 Å². The molecule has 2 aromatic heterocycles. The van der Waals surface area contributed by atoms with Gasteiger partial charge in [0.1, 0.15) is 18.4 Å². The van der Waals surface area contributed by atoms with Gasteiger partial charge in [0, 0.05) is 23.4 Å². The van der Waals surface area contributed by atoms with Gasteiger partial charge in [-0.15, -0.1) is 0 Å². The molecule has 0 aliphatic rings. The molecule has 2 N–H and O–H groups in total. The Morgan fingerprint density at radius 1 is 0.615 bits per heavy atom. The number of pyridine rings is 1. The zero-order valence-corrected chi connectivity index (χ0v) is 35.1. The van der Waals surface area contributed by atoms with E-state index in [1.807, 2.05) is 74.4 Å². The Bertz CT molecular complexity index is 1550. The molecule has 0 unspecified atom stereocenters. The van der Waals surface area contributed by atoms with Gasteiger partial charge < -0.3 is 20.0 Å². The SMILES string of the molecule is C=O.CC(C)(C)C.CCC.CCC.Cc1cc(NC(=O)c2ccc(C(C)(C)C)cc2)no1.Cc1ccnc(NC(=O)c2ccc(C(C)(C)C)cc2)c1. The second kappa shape index (κ2) is 24.6. The normalized spacial score (nSPS) is 10.4. The van der Waals surface area contributed by atoms with Crippen LogP contribution in [-0.2, 0) is 15.6 Å². The molecule has 0 aliphatic heterocycles. The molecule has 2 heterocycles. The Hall–Kier alpha value is -4.59. The van der Waals surface area contributed by atoms with Crippen LogP contribution in [0.25, 0.3) is 0 Å². The minimum absolute atomic E-state index is 0.0816. The first-order valence-corrected chi connectivity index (χ1v) is 18.0. The van der Waals surface area contributed by atoms with Gasteiger partial charge in [0.25, 0.3) is 11.8 Å². The summed E-state index contributed by atoms with van der Waals surface area (Å²) in [5.74, 6) is 1.35. The van der Waals surface area contributed by atoms with Crippen molar-refractivity contribution in [2.75, 3.05) is 10.6 Å². The number of carbonyl (C=O) groups is 3. The van der Waals surface area contributed by atoms with Gasteiger partial charge in [0.05, 0.1) is 0 Å². The first-order valence-electron chi connectivity index (χ1n) is 18.0. The topological polar surface area (TPSA) is 114 Å². The minimum Gasteiger partial charge on any atom is -0.360 e. The van der Waals surface area contributed by atoms with Crippen LogP contribution in [0.1, 0.15) is 153 Å². The van der Waals surface area contributed by atoms with E-state index < -0.39 is 0 Å². The third-order valence-corrected chi connectivity index (χ3v) is 6.05. The van der Waals surface area contributed by atoms with Crippen molar-refractivity contribution >= 4 is 30.2 Å². The molecule has 0 aliphatic carbocycles. The van der Waals surface area contributed by atoms with Crippen molar-refractivity contribution in [2.45, 2.75) is 134 Å². The van der Waals surface area contributed by atoms with Crippen molar-refractivity contribution in [3.8, 4) is 0 Å². The van der Waals surface area contributed by atoms with Gasteiger partial charge in [0.15, 0.2) is 5.82 Å². The third-order valence-electron chi connectivity index (χ3n) is 6.05. The van der Waals surface area contributed by atoms with E-state index >= 15 is 0 Å². The first kappa shape index (κ1) is 49.5. The Balaban J connectivity index is 0. The molecule has 52 heavy (non-hydrogen) atoms. The Morgan fingerprint density at radius 3 is 1.25 bits per heavy atom. The van der Waals surface area contributed by atoms with E-state index in [1.165, 1.54) is 24.0 Å². The van der Waals surface area contributed by atoms with Crippen molar-refractivity contribution in [1.29, 1.82) is 0 Å². The van der Waals surface area contributed by atoms with Crippen LogP contribution in [0, 0.1) is 19.3 Å². The Labute approximate surface area is 315 Å². The second-order valence-corrected chi connectivity index (χ2v) is 16.0. The lowest BCUT2D eigenvalue weighted by Crippen LogP contribution is -2.15. The van der Waals surface area contributed by atoms with Crippen LogP contribution in [0.4, 0.5) is 11.6 Å². The first-order chi connectivity index (χ1) is 24.0. The number of hydrogen-bond acceptors (Lipinski definition) is 6. The highest BCUT2D eigenvalue weighted by atomic mass is 16.5. The van der Waals surface area contributed by atoms with Crippen molar-refractivity contribution < 1.29 is 18.9 Å². The average molecular weight is 717 g/mol. The van der Waals surface area contributed by atoms with E-state index in [-0.39, 0.29) is 22.6 Å². The van der Waals surface area contributed by atoms with Gasteiger partial charge in [-0.3, -0.25) is 9.59 Å². The molecule has 288 valence electrons. The molecular formula is C44H68N4O4. The summed E-state index contributed by atoms with van der Waals surface area (Å²) < 4.78 is 4.90. The molecule has 8 heteroatoms. The number of anilines is 2. The van der Waals surface area contributed by atoms with Crippen molar-refractivity contribution in [2.24, 2.45) is 5.41 Å². The number of benzene rings is 2. The van der Waals surface area contributed by atoms with Gasteiger partial charge in [-0.1, -0.05) is 139 Å². The molecule has 0 radical (unpaired) electrons. The third kappa shape index (κ3) is 23.0. The summed E-state index contributed by atoms with van der Waals surface area (Å²) in [5, 5.41) is 9.23. The van der Waals surface area contributed by atoms with Crippen molar-refractivity contribution in [3.63, 3.8) is 0 Å². The van der Waals surface area contributed by atoms with E-state index in [2.05, 4.69) is 118 Å². The molecule has 0 saturated heterocycles. The summed E-state index contributed by atoms with van der Waals surface area (Å²) in [5.41, 5.74) is 5.39. The smallest absolute Gasteiger partial charge is 0.256 e.